The number of unbranched alkanes of at least 4 members (excludes halogenated alkanes) is 1. The van der Waals surface area contributed by atoms with Crippen molar-refractivity contribution in [1.82, 2.24) is 10.6 Å². The van der Waals surface area contributed by atoms with Crippen molar-refractivity contribution in [2.75, 3.05) is 30.9 Å². The molecule has 0 saturated carbocycles. The van der Waals surface area contributed by atoms with Gasteiger partial charge in [-0.2, -0.15) is 10.3 Å². The van der Waals surface area contributed by atoms with Crippen LogP contribution < -0.4 is 41.8 Å². The second-order valence-corrected chi connectivity index (χ2v) is 8.95. The summed E-state index contributed by atoms with van der Waals surface area (Å²) in [5, 5.41) is 25.5. The van der Waals surface area contributed by atoms with E-state index in [-0.39, 0.29) is 29.5 Å². The molecule has 13 nitrogen and oxygen atoms in total. The number of hydrogen-bond donors (Lipinski definition) is 6. The molecule has 0 radical (unpaired) electrons. The number of carbonyl (C=O) groups excluding carboxylic acids is 1. The second kappa shape index (κ2) is 12.0. The molecule has 13 heteroatoms. The molecule has 8 N–H and O–H groups in total. The number of anilines is 2. The Morgan fingerprint density at radius 2 is 2.03 bits per heavy atom. The smallest absolute Gasteiger partial charge is 0.304 e. The minimum absolute atomic E-state index is 0.0347. The number of rotatable bonds is 9. The maximum atomic E-state index is 12.9. The topological polar surface area (TPSA) is 199 Å². The Morgan fingerprint density at radius 1 is 1.21 bits per heavy atom. The molecule has 2 aliphatic heterocycles. The summed E-state index contributed by atoms with van der Waals surface area (Å²) in [6.07, 6.45) is 2.05. The lowest BCUT2D eigenvalue weighted by atomic mass is 10.1. The van der Waals surface area contributed by atoms with Crippen molar-refractivity contribution >= 4 is 35.1 Å². The number of nitrogens with two attached hydrogens (primary N) is 2. The number of aliphatic imine (C=N–C) groups is 2. The van der Waals surface area contributed by atoms with Crippen molar-refractivity contribution in [1.29, 1.82) is 10.7 Å². The molecule has 2 heterocycles. The number of hydrogen-bond acceptors (Lipinski definition) is 10. The summed E-state index contributed by atoms with van der Waals surface area (Å²) in [6, 6.07) is 13.4. The summed E-state index contributed by atoms with van der Waals surface area (Å²) >= 11 is 0. The number of amides is 1. The molecule has 0 saturated heterocycles. The van der Waals surface area contributed by atoms with Gasteiger partial charge >= 0.3 is 6.02 Å². The van der Waals surface area contributed by atoms with Crippen LogP contribution in [0.4, 0.5) is 11.4 Å². The molecule has 0 aromatic heterocycles. The third-order valence-electron chi connectivity index (χ3n) is 5.75. The van der Waals surface area contributed by atoms with E-state index in [0.717, 1.165) is 12.8 Å². The van der Waals surface area contributed by atoms with Crippen molar-refractivity contribution in [2.45, 2.75) is 25.3 Å². The lowest BCUT2D eigenvalue weighted by Gasteiger charge is -2.28. The molecule has 202 valence electrons. The third-order valence-corrected chi connectivity index (χ3v) is 5.75. The quantitative estimate of drug-likeness (QED) is 0.158. The molecule has 1 unspecified atom stereocenters. The van der Waals surface area contributed by atoms with E-state index in [1.807, 2.05) is 19.0 Å². The van der Waals surface area contributed by atoms with Crippen molar-refractivity contribution in [3.63, 3.8) is 0 Å². The predicted molar refractivity (Wildman–Crippen MR) is 149 cm³/mol. The predicted octanol–water partition coefficient (Wildman–Crippen LogP) is 1.54. The Labute approximate surface area is 225 Å². The molecule has 0 aliphatic carbocycles. The third kappa shape index (κ3) is 6.62. The molecule has 2 aromatic carbocycles. The molecule has 2 aliphatic rings. The Bertz CT molecular complexity index is 1410. The van der Waals surface area contributed by atoms with Crippen LogP contribution in [0.1, 0.15) is 24.8 Å². The van der Waals surface area contributed by atoms with Crippen LogP contribution in [0.15, 0.2) is 64.0 Å². The number of guanidine groups is 1. The maximum absolute atomic E-state index is 12.9. The van der Waals surface area contributed by atoms with E-state index in [0.29, 0.717) is 47.2 Å². The molecule has 2 aromatic rings. The zero-order valence-electron chi connectivity index (χ0n) is 21.6. The van der Waals surface area contributed by atoms with Gasteiger partial charge in [-0.05, 0) is 50.1 Å². The largest absolute Gasteiger partial charge is 0.435 e. The van der Waals surface area contributed by atoms with Gasteiger partial charge < -0.3 is 36.5 Å². The molecule has 4 rings (SSSR count). The van der Waals surface area contributed by atoms with Crippen LogP contribution in [0.3, 0.4) is 0 Å². The van der Waals surface area contributed by atoms with E-state index < -0.39 is 6.04 Å². The number of nitriles is 1. The number of carbonyl (C=O) groups is 1. The van der Waals surface area contributed by atoms with Crippen molar-refractivity contribution < 1.29 is 14.3 Å². The first-order valence-corrected chi connectivity index (χ1v) is 12.2. The van der Waals surface area contributed by atoms with Crippen LogP contribution in [0, 0.1) is 16.7 Å². The standard InChI is InChI=1S/C26H30N10O3/c1-36(2)19-10-9-15(14-28)12-20(19)39-24-21-22(32-18(23(37)33-21)8-3-4-11-27)34-26(35-24)38-17-7-5-6-16(13-17)31-25(29)30/h5-7,9-10,12-13,18H,3-4,8,11,27H2,1-2H3,(H,33,37)(H4,29,30,31)(H,32,34,35). The average molecular weight is 531 g/mol. The Balaban J connectivity index is 1.72. The van der Waals surface area contributed by atoms with Crippen LogP contribution in [-0.4, -0.2) is 50.4 Å². The maximum Gasteiger partial charge on any atom is 0.304 e. The number of ether oxygens (including phenoxy) is 2. The van der Waals surface area contributed by atoms with Crippen LogP contribution >= 0.6 is 0 Å². The van der Waals surface area contributed by atoms with Gasteiger partial charge in [-0.25, -0.2) is 0 Å². The zero-order chi connectivity index (χ0) is 27.9. The van der Waals surface area contributed by atoms with E-state index >= 15 is 0 Å². The lowest BCUT2D eigenvalue weighted by molar-refractivity contribution is -0.122. The van der Waals surface area contributed by atoms with Gasteiger partial charge in [0.2, 0.25) is 5.91 Å². The normalized spacial score (nSPS) is 16.1. The van der Waals surface area contributed by atoms with Gasteiger partial charge in [0.05, 0.1) is 17.3 Å². The summed E-state index contributed by atoms with van der Waals surface area (Å²) in [6.45, 7) is 0.532. The monoisotopic (exact) mass is 530 g/mol. The van der Waals surface area contributed by atoms with Gasteiger partial charge in [0.15, 0.2) is 17.5 Å². The average Bonchev–Trinajstić information content (AvgIpc) is 2.89. The fourth-order valence-corrected chi connectivity index (χ4v) is 3.91. The Morgan fingerprint density at radius 3 is 2.74 bits per heavy atom. The Kier molecular flexibility index (Phi) is 8.27. The van der Waals surface area contributed by atoms with Gasteiger partial charge in [0.25, 0.3) is 5.88 Å². The summed E-state index contributed by atoms with van der Waals surface area (Å²) in [7, 11) is 3.69. The highest BCUT2D eigenvalue weighted by Gasteiger charge is 2.33. The first kappa shape index (κ1) is 27.0. The lowest BCUT2D eigenvalue weighted by Crippen LogP contribution is -2.50. The van der Waals surface area contributed by atoms with Crippen molar-refractivity contribution in [3.8, 4) is 17.6 Å². The van der Waals surface area contributed by atoms with Gasteiger partial charge in [0, 0.05) is 31.9 Å². The number of benzene rings is 2. The number of nitrogens with one attached hydrogen (secondary N) is 4. The number of nitrogens with zero attached hydrogens (tertiary/aromatic N) is 4. The highest BCUT2D eigenvalue weighted by atomic mass is 16.5. The highest BCUT2D eigenvalue weighted by Crippen LogP contribution is 2.31. The summed E-state index contributed by atoms with van der Waals surface area (Å²) < 4.78 is 12.2. The first-order valence-electron chi connectivity index (χ1n) is 12.2. The van der Waals surface area contributed by atoms with Gasteiger partial charge in [-0.15, -0.1) is 0 Å². The molecular formula is C26H30N10O3. The van der Waals surface area contributed by atoms with E-state index in [1.54, 1.807) is 42.5 Å². The SMILES string of the molecule is CN(C)c1ccc(C#N)cc1OC1=C2NC(=O)C(CCCCN)N=C2NC(Oc2cccc(NC(=N)N)c2)=N1. The summed E-state index contributed by atoms with van der Waals surface area (Å²) in [5.74, 6) is 0.622. The van der Waals surface area contributed by atoms with Gasteiger partial charge in [0.1, 0.15) is 17.5 Å². The summed E-state index contributed by atoms with van der Waals surface area (Å²) in [5.41, 5.74) is 12.9. The number of amidine groups is 2. The molecule has 39 heavy (non-hydrogen) atoms. The first-order chi connectivity index (χ1) is 18.8. The van der Waals surface area contributed by atoms with Crippen molar-refractivity contribution in [2.24, 2.45) is 21.5 Å². The fraction of sp³-hybridized carbons (Fsp3) is 0.269. The van der Waals surface area contributed by atoms with Crippen LogP contribution in [0.5, 0.6) is 11.5 Å². The van der Waals surface area contributed by atoms with Crippen molar-refractivity contribution in [3.05, 3.63) is 59.6 Å². The van der Waals surface area contributed by atoms with Gasteiger partial charge in [-0.3, -0.25) is 20.5 Å². The van der Waals surface area contributed by atoms with E-state index in [9.17, 15) is 10.1 Å². The highest BCUT2D eigenvalue weighted by molar-refractivity contribution is 6.14. The molecule has 0 fully saturated rings. The van der Waals surface area contributed by atoms with E-state index in [2.05, 4.69) is 32.0 Å². The van der Waals surface area contributed by atoms with Gasteiger partial charge in [-0.1, -0.05) is 6.07 Å². The zero-order valence-corrected chi connectivity index (χ0v) is 21.6. The molecule has 0 bridgehead atoms. The molecule has 0 spiro atoms. The minimum Gasteiger partial charge on any atom is -0.435 e. The molecule has 1 atom stereocenters. The van der Waals surface area contributed by atoms with E-state index in [4.69, 9.17) is 26.4 Å². The van der Waals surface area contributed by atoms with Crippen LogP contribution in [0.25, 0.3) is 0 Å². The minimum atomic E-state index is -0.620. The van der Waals surface area contributed by atoms with Crippen LogP contribution in [-0.2, 0) is 4.79 Å². The molecule has 1 amide bonds. The second-order valence-electron chi connectivity index (χ2n) is 8.95. The van der Waals surface area contributed by atoms with Crippen LogP contribution in [0.2, 0.25) is 0 Å². The Hall–Kier alpha value is -5.09. The molecular weight excluding hydrogens is 500 g/mol. The van der Waals surface area contributed by atoms with E-state index in [1.165, 1.54) is 0 Å². The summed E-state index contributed by atoms with van der Waals surface area (Å²) in [4.78, 5) is 23.8. The number of fused-ring (bicyclic) bond motifs is 1. The fourth-order valence-electron chi connectivity index (χ4n) is 3.91.